The summed E-state index contributed by atoms with van der Waals surface area (Å²) in [5.74, 6) is 0.0533. The minimum Gasteiger partial charge on any atom is -0.396 e. The van der Waals surface area contributed by atoms with Crippen LogP contribution in [0.4, 0.5) is 0 Å². The summed E-state index contributed by atoms with van der Waals surface area (Å²) in [4.78, 5) is 0.200. The molecular weight excluding hydrogens is 784 g/mol. The Labute approximate surface area is 301 Å². The number of halogens is 2. The van der Waals surface area contributed by atoms with Crippen LogP contribution in [0, 0.1) is 13.8 Å². The predicted octanol–water partition coefficient (Wildman–Crippen LogP) is 8.04. The topological polar surface area (TPSA) is 127 Å². The van der Waals surface area contributed by atoms with E-state index in [1.54, 1.807) is 24.3 Å². The van der Waals surface area contributed by atoms with Gasteiger partial charge in [-0.15, -0.1) is 0 Å². The van der Waals surface area contributed by atoms with Crippen LogP contribution in [0.15, 0.2) is 116 Å². The van der Waals surface area contributed by atoms with E-state index in [0.29, 0.717) is 25.7 Å². The average molecular weight is 827 g/mol. The quantitative estimate of drug-likeness (QED) is 0.109. The fourth-order valence-corrected chi connectivity index (χ4v) is 8.04. The first-order valence-corrected chi connectivity index (χ1v) is 19.9. The normalized spacial score (nSPS) is 11.8. The molecule has 0 amide bonds. The third kappa shape index (κ3) is 12.5. The Morgan fingerprint density at radius 1 is 0.542 bits per heavy atom. The SMILES string of the molecule is Cc1ccc(S(=O)(=O)OCCC(CCOS(=O)(=O)c2ccc(C)cc2)c2ccccc2Br)cc1.OCCC(CCO)c1ccccc1Br. The van der Waals surface area contributed by atoms with Crippen LogP contribution in [0.25, 0.3) is 0 Å². The first-order chi connectivity index (χ1) is 22.9. The van der Waals surface area contributed by atoms with Crippen molar-refractivity contribution in [3.63, 3.8) is 0 Å². The van der Waals surface area contributed by atoms with E-state index >= 15 is 0 Å². The largest absolute Gasteiger partial charge is 0.396 e. The lowest BCUT2D eigenvalue weighted by Gasteiger charge is -2.19. The van der Waals surface area contributed by atoms with Crippen LogP contribution in [-0.4, -0.2) is 53.5 Å². The predicted molar refractivity (Wildman–Crippen MR) is 195 cm³/mol. The van der Waals surface area contributed by atoms with Gasteiger partial charge in [0.2, 0.25) is 0 Å². The maximum absolute atomic E-state index is 12.5. The Kier molecular flexibility index (Phi) is 16.4. The molecule has 2 N–H and O–H groups in total. The molecular formula is C36H42Br2O8S2. The maximum atomic E-state index is 12.5. The molecule has 0 bridgehead atoms. The second kappa shape index (κ2) is 19.7. The molecule has 0 fully saturated rings. The summed E-state index contributed by atoms with van der Waals surface area (Å²) >= 11 is 7.00. The Morgan fingerprint density at radius 3 is 1.21 bits per heavy atom. The Morgan fingerprint density at radius 2 is 0.875 bits per heavy atom. The van der Waals surface area contributed by atoms with Crippen LogP contribution in [-0.2, 0) is 28.6 Å². The van der Waals surface area contributed by atoms with Gasteiger partial charge in [0.05, 0.1) is 23.0 Å². The second-order valence-electron chi connectivity index (χ2n) is 11.2. The third-order valence-electron chi connectivity index (χ3n) is 7.67. The van der Waals surface area contributed by atoms with Crippen LogP contribution in [0.1, 0.15) is 59.8 Å². The van der Waals surface area contributed by atoms with Gasteiger partial charge < -0.3 is 10.2 Å². The highest BCUT2D eigenvalue weighted by molar-refractivity contribution is 9.10. The van der Waals surface area contributed by atoms with Gasteiger partial charge in [0.15, 0.2) is 0 Å². The van der Waals surface area contributed by atoms with E-state index in [4.69, 9.17) is 18.6 Å². The number of hydrogen-bond donors (Lipinski definition) is 2. The summed E-state index contributed by atoms with van der Waals surface area (Å²) in [7, 11) is -7.77. The molecule has 0 radical (unpaired) electrons. The minimum absolute atomic E-state index is 0.0487. The average Bonchev–Trinajstić information content (AvgIpc) is 3.05. The van der Waals surface area contributed by atoms with Gasteiger partial charge >= 0.3 is 0 Å². The standard InChI is InChI=1S/C25H27BrO6S2.C11H15BrO2/c1-19-7-11-22(12-8-19)33(27,28)31-17-15-21(24-5-3-4-6-25(24)26)16-18-32-34(29,30)23-13-9-20(2)10-14-23;12-11-4-2-1-3-10(11)9(5-7-13)6-8-14/h3-14,21H,15-18H2,1-2H3;1-4,9,13-14H,5-8H2. The zero-order chi connectivity index (χ0) is 35.2. The Bertz CT molecular complexity index is 1690. The molecule has 0 unspecified atom stereocenters. The molecule has 0 aliphatic heterocycles. The highest BCUT2D eigenvalue weighted by Gasteiger charge is 2.21. The van der Waals surface area contributed by atoms with E-state index < -0.39 is 20.2 Å². The maximum Gasteiger partial charge on any atom is 0.296 e. The van der Waals surface area contributed by atoms with Crippen LogP contribution < -0.4 is 0 Å². The fourth-order valence-electron chi connectivity index (χ4n) is 4.98. The number of aliphatic hydroxyl groups is 2. The molecule has 0 aliphatic rings. The molecule has 4 aromatic carbocycles. The lowest BCUT2D eigenvalue weighted by molar-refractivity contribution is 0.241. The molecule has 12 heteroatoms. The van der Waals surface area contributed by atoms with Gasteiger partial charge in [0.1, 0.15) is 0 Å². The van der Waals surface area contributed by atoms with Gasteiger partial charge in [-0.1, -0.05) is 104 Å². The van der Waals surface area contributed by atoms with E-state index in [0.717, 1.165) is 31.2 Å². The van der Waals surface area contributed by atoms with Crippen LogP contribution in [0.2, 0.25) is 0 Å². The van der Waals surface area contributed by atoms with Crippen molar-refractivity contribution in [1.82, 2.24) is 0 Å². The third-order valence-corrected chi connectivity index (χ3v) is 11.8. The number of rotatable bonds is 16. The lowest BCUT2D eigenvalue weighted by Crippen LogP contribution is -2.14. The van der Waals surface area contributed by atoms with Crippen molar-refractivity contribution in [2.45, 2.75) is 61.2 Å². The van der Waals surface area contributed by atoms with Crippen LogP contribution in [0.3, 0.4) is 0 Å². The first-order valence-electron chi connectivity index (χ1n) is 15.5. The summed E-state index contributed by atoms with van der Waals surface area (Å²) in [6.45, 7) is 3.97. The minimum atomic E-state index is -3.89. The summed E-state index contributed by atoms with van der Waals surface area (Å²) in [5.41, 5.74) is 3.99. The summed E-state index contributed by atoms with van der Waals surface area (Å²) in [5, 5.41) is 17.8. The van der Waals surface area contributed by atoms with Crippen molar-refractivity contribution in [3.8, 4) is 0 Å². The van der Waals surface area contributed by atoms with Crippen molar-refractivity contribution in [2.24, 2.45) is 0 Å². The number of aliphatic hydroxyl groups excluding tert-OH is 2. The van der Waals surface area contributed by atoms with Gasteiger partial charge in [0.25, 0.3) is 20.2 Å². The molecule has 48 heavy (non-hydrogen) atoms. The van der Waals surface area contributed by atoms with E-state index in [2.05, 4.69) is 31.9 Å². The van der Waals surface area contributed by atoms with E-state index in [-0.39, 0.29) is 48.1 Å². The summed E-state index contributed by atoms with van der Waals surface area (Å²) in [6.07, 6.45) is 2.12. The second-order valence-corrected chi connectivity index (χ2v) is 16.2. The molecule has 0 aliphatic carbocycles. The van der Waals surface area contributed by atoms with Gasteiger partial charge in [-0.05, 0) is 98.9 Å². The summed E-state index contributed by atoms with van der Waals surface area (Å²) < 4.78 is 62.5. The van der Waals surface area contributed by atoms with Crippen molar-refractivity contribution in [3.05, 3.63) is 128 Å². The molecule has 0 atom stereocenters. The van der Waals surface area contributed by atoms with Gasteiger partial charge in [0, 0.05) is 22.2 Å². The lowest BCUT2D eigenvalue weighted by atomic mass is 9.93. The molecule has 4 aromatic rings. The highest BCUT2D eigenvalue weighted by Crippen LogP contribution is 2.32. The molecule has 4 rings (SSSR count). The molecule has 0 aromatic heterocycles. The smallest absolute Gasteiger partial charge is 0.296 e. The zero-order valence-electron chi connectivity index (χ0n) is 27.0. The van der Waals surface area contributed by atoms with Gasteiger partial charge in [-0.2, -0.15) is 16.8 Å². The van der Waals surface area contributed by atoms with E-state index in [1.165, 1.54) is 24.3 Å². The van der Waals surface area contributed by atoms with Gasteiger partial charge in [-0.25, -0.2) is 0 Å². The monoisotopic (exact) mass is 824 g/mol. The zero-order valence-corrected chi connectivity index (χ0v) is 31.8. The molecule has 0 saturated heterocycles. The highest BCUT2D eigenvalue weighted by atomic mass is 79.9. The molecule has 8 nitrogen and oxygen atoms in total. The van der Waals surface area contributed by atoms with Crippen molar-refractivity contribution in [2.75, 3.05) is 26.4 Å². The Balaban J connectivity index is 0.000000373. The number of benzene rings is 4. The van der Waals surface area contributed by atoms with Gasteiger partial charge in [-0.3, -0.25) is 8.37 Å². The van der Waals surface area contributed by atoms with Crippen LogP contribution >= 0.6 is 31.9 Å². The summed E-state index contributed by atoms with van der Waals surface area (Å²) in [6, 6.07) is 28.4. The van der Waals surface area contributed by atoms with E-state index in [1.807, 2.05) is 62.4 Å². The van der Waals surface area contributed by atoms with Crippen LogP contribution in [0.5, 0.6) is 0 Å². The molecule has 0 spiro atoms. The van der Waals surface area contributed by atoms with E-state index in [9.17, 15) is 16.8 Å². The fraction of sp³-hybridized carbons (Fsp3) is 0.333. The number of hydrogen-bond acceptors (Lipinski definition) is 8. The Hall–Kier alpha value is -2.42. The molecule has 0 saturated carbocycles. The van der Waals surface area contributed by atoms with Crippen molar-refractivity contribution < 1.29 is 35.4 Å². The molecule has 260 valence electrons. The molecule has 0 heterocycles. The van der Waals surface area contributed by atoms with Crippen molar-refractivity contribution >= 4 is 52.1 Å². The van der Waals surface area contributed by atoms with Crippen molar-refractivity contribution in [1.29, 1.82) is 0 Å². The first kappa shape index (κ1) is 40.0. The number of aryl methyl sites for hydroxylation is 2.